The summed E-state index contributed by atoms with van der Waals surface area (Å²) in [5, 5.41) is 1.68. The van der Waals surface area contributed by atoms with Crippen LogP contribution in [-0.4, -0.2) is 4.98 Å². The molecule has 0 aliphatic carbocycles. The van der Waals surface area contributed by atoms with Gasteiger partial charge in [0.15, 0.2) is 0 Å². The number of nitrogens with one attached hydrogen (secondary N) is 1. The lowest BCUT2D eigenvalue weighted by Gasteiger charge is -2.12. The van der Waals surface area contributed by atoms with Crippen LogP contribution in [0.25, 0.3) is 11.0 Å². The summed E-state index contributed by atoms with van der Waals surface area (Å²) in [5.74, 6) is 6.49. The third-order valence-corrected chi connectivity index (χ3v) is 3.72. The van der Waals surface area contributed by atoms with E-state index in [0.717, 1.165) is 29.6 Å². The normalized spacial score (nSPS) is 12.7. The highest BCUT2D eigenvalue weighted by Crippen LogP contribution is 2.28. The molecule has 5 heteroatoms. The van der Waals surface area contributed by atoms with E-state index < -0.39 is 0 Å². The Morgan fingerprint density at radius 2 is 2.19 bits per heavy atom. The van der Waals surface area contributed by atoms with Crippen molar-refractivity contribution < 1.29 is 4.42 Å². The second-order valence-electron chi connectivity index (χ2n) is 4.95. The van der Waals surface area contributed by atoms with E-state index in [1.807, 2.05) is 36.5 Å². The predicted molar refractivity (Wildman–Crippen MR) is 83.8 cm³/mol. The molecule has 3 N–H and O–H groups in total. The number of hydrogen-bond donors (Lipinski definition) is 2. The zero-order valence-electron chi connectivity index (χ0n) is 11.4. The average Bonchev–Trinajstić information content (AvgIpc) is 2.92. The number of nitrogens with two attached hydrogens (primary N) is 1. The highest BCUT2D eigenvalue weighted by atomic mass is 35.5. The highest BCUT2D eigenvalue weighted by Gasteiger charge is 2.15. The van der Waals surface area contributed by atoms with E-state index >= 15 is 0 Å². The maximum absolute atomic E-state index is 5.99. The molecule has 3 aromatic rings. The van der Waals surface area contributed by atoms with Gasteiger partial charge in [0.05, 0.1) is 6.04 Å². The van der Waals surface area contributed by atoms with Gasteiger partial charge in [0, 0.05) is 22.8 Å². The van der Waals surface area contributed by atoms with Crippen molar-refractivity contribution in [3.8, 4) is 0 Å². The lowest BCUT2D eigenvalue weighted by molar-refractivity contribution is 0.417. The molecule has 3 rings (SSSR count). The third-order valence-electron chi connectivity index (χ3n) is 3.49. The number of nitrogens with zero attached hydrogens (tertiary/aromatic N) is 1. The summed E-state index contributed by atoms with van der Waals surface area (Å²) >= 11 is 5.99. The fraction of sp³-hybridized carbons (Fsp3) is 0.188. The summed E-state index contributed by atoms with van der Waals surface area (Å²) in [5.41, 5.74) is 4.81. The summed E-state index contributed by atoms with van der Waals surface area (Å²) in [6.45, 7) is 0. The summed E-state index contributed by atoms with van der Waals surface area (Å²) < 4.78 is 5.85. The van der Waals surface area contributed by atoms with Crippen LogP contribution < -0.4 is 11.3 Å². The number of aryl methyl sites for hydroxylation is 1. The van der Waals surface area contributed by atoms with E-state index in [4.69, 9.17) is 21.9 Å². The second kappa shape index (κ2) is 6.26. The average molecular weight is 302 g/mol. The Kier molecular flexibility index (Phi) is 4.20. The Hall–Kier alpha value is -1.88. The first-order valence-electron chi connectivity index (χ1n) is 6.80. The van der Waals surface area contributed by atoms with Gasteiger partial charge in [-0.15, -0.1) is 0 Å². The number of hydrazine groups is 1. The molecule has 1 unspecified atom stereocenters. The standard InChI is InChI=1S/C16H16ClN3O/c17-13-4-6-15-12(8-13)9-16(21-15)14(20-18)5-3-11-2-1-7-19-10-11/h1-2,4,6-10,14,20H,3,5,18H2. The Morgan fingerprint density at radius 1 is 1.29 bits per heavy atom. The summed E-state index contributed by atoms with van der Waals surface area (Å²) in [4.78, 5) is 4.12. The first-order valence-corrected chi connectivity index (χ1v) is 7.18. The first kappa shape index (κ1) is 14.1. The summed E-state index contributed by atoms with van der Waals surface area (Å²) in [7, 11) is 0. The smallest absolute Gasteiger partial charge is 0.134 e. The molecule has 4 nitrogen and oxygen atoms in total. The lowest BCUT2D eigenvalue weighted by atomic mass is 10.1. The number of halogens is 1. The number of benzene rings is 1. The zero-order chi connectivity index (χ0) is 14.7. The minimum absolute atomic E-state index is 0.0450. The zero-order valence-corrected chi connectivity index (χ0v) is 12.2. The number of rotatable bonds is 5. The topological polar surface area (TPSA) is 64.1 Å². The van der Waals surface area contributed by atoms with E-state index in [-0.39, 0.29) is 6.04 Å². The molecule has 2 aromatic heterocycles. The molecule has 0 aliphatic heterocycles. The Labute approximate surface area is 127 Å². The van der Waals surface area contributed by atoms with Gasteiger partial charge in [-0.1, -0.05) is 17.7 Å². The molecule has 0 saturated carbocycles. The molecule has 108 valence electrons. The predicted octanol–water partition coefficient (Wildman–Crippen LogP) is 3.62. The molecule has 0 fully saturated rings. The van der Waals surface area contributed by atoms with E-state index in [1.165, 1.54) is 5.56 Å². The number of fused-ring (bicyclic) bond motifs is 1. The first-order chi connectivity index (χ1) is 10.3. The molecule has 0 bridgehead atoms. The Morgan fingerprint density at radius 3 is 2.95 bits per heavy atom. The van der Waals surface area contributed by atoms with Crippen LogP contribution in [0.2, 0.25) is 5.02 Å². The number of aromatic nitrogens is 1. The molecule has 0 aliphatic rings. The molecule has 2 heterocycles. The van der Waals surface area contributed by atoms with Crippen molar-refractivity contribution in [2.24, 2.45) is 5.84 Å². The van der Waals surface area contributed by atoms with Crippen LogP contribution in [-0.2, 0) is 6.42 Å². The van der Waals surface area contributed by atoms with Gasteiger partial charge in [0.25, 0.3) is 0 Å². The maximum Gasteiger partial charge on any atom is 0.134 e. The van der Waals surface area contributed by atoms with E-state index in [9.17, 15) is 0 Å². The van der Waals surface area contributed by atoms with Crippen molar-refractivity contribution in [3.63, 3.8) is 0 Å². The van der Waals surface area contributed by atoms with Crippen LogP contribution in [0.15, 0.2) is 53.2 Å². The van der Waals surface area contributed by atoms with E-state index in [2.05, 4.69) is 16.5 Å². The van der Waals surface area contributed by atoms with Crippen LogP contribution in [0.1, 0.15) is 23.8 Å². The third kappa shape index (κ3) is 3.24. The van der Waals surface area contributed by atoms with Crippen LogP contribution in [0, 0.1) is 0 Å². The largest absolute Gasteiger partial charge is 0.459 e. The maximum atomic E-state index is 5.99. The van der Waals surface area contributed by atoms with Crippen molar-refractivity contribution in [2.45, 2.75) is 18.9 Å². The second-order valence-corrected chi connectivity index (χ2v) is 5.39. The van der Waals surface area contributed by atoms with Gasteiger partial charge in [-0.05, 0) is 48.7 Å². The van der Waals surface area contributed by atoms with Gasteiger partial charge in [0.2, 0.25) is 0 Å². The minimum Gasteiger partial charge on any atom is -0.459 e. The molecule has 1 atom stereocenters. The number of pyridine rings is 1. The lowest BCUT2D eigenvalue weighted by Crippen LogP contribution is -2.28. The van der Waals surface area contributed by atoms with E-state index in [0.29, 0.717) is 5.02 Å². The molecule has 0 saturated heterocycles. The molecular formula is C16H16ClN3O. The quantitative estimate of drug-likeness (QED) is 0.558. The Bertz CT molecular complexity index is 727. The van der Waals surface area contributed by atoms with Gasteiger partial charge in [-0.2, -0.15) is 0 Å². The van der Waals surface area contributed by atoms with Crippen LogP contribution in [0.5, 0.6) is 0 Å². The molecule has 21 heavy (non-hydrogen) atoms. The molecular weight excluding hydrogens is 286 g/mol. The number of furan rings is 1. The minimum atomic E-state index is -0.0450. The molecule has 1 aromatic carbocycles. The van der Waals surface area contributed by atoms with Gasteiger partial charge >= 0.3 is 0 Å². The summed E-state index contributed by atoms with van der Waals surface area (Å²) in [6.07, 6.45) is 5.34. The van der Waals surface area contributed by atoms with Crippen molar-refractivity contribution in [1.29, 1.82) is 0 Å². The van der Waals surface area contributed by atoms with Crippen molar-refractivity contribution >= 4 is 22.6 Å². The van der Waals surface area contributed by atoms with Crippen LogP contribution in [0.4, 0.5) is 0 Å². The fourth-order valence-electron chi connectivity index (χ4n) is 2.37. The van der Waals surface area contributed by atoms with Gasteiger partial charge in [0.1, 0.15) is 11.3 Å². The Balaban J connectivity index is 1.78. The monoisotopic (exact) mass is 301 g/mol. The number of hydrogen-bond acceptors (Lipinski definition) is 4. The van der Waals surface area contributed by atoms with Gasteiger partial charge in [-0.25, -0.2) is 5.43 Å². The molecule has 0 amide bonds. The van der Waals surface area contributed by atoms with Crippen LogP contribution in [0.3, 0.4) is 0 Å². The van der Waals surface area contributed by atoms with E-state index in [1.54, 1.807) is 6.20 Å². The van der Waals surface area contributed by atoms with Gasteiger partial charge < -0.3 is 4.42 Å². The SMILES string of the molecule is NNC(CCc1cccnc1)c1cc2cc(Cl)ccc2o1. The van der Waals surface area contributed by atoms with Crippen molar-refractivity contribution in [3.05, 3.63) is 65.1 Å². The van der Waals surface area contributed by atoms with Crippen LogP contribution >= 0.6 is 11.6 Å². The molecule has 0 spiro atoms. The highest BCUT2D eigenvalue weighted by molar-refractivity contribution is 6.31. The van der Waals surface area contributed by atoms with Crippen molar-refractivity contribution in [2.75, 3.05) is 0 Å². The van der Waals surface area contributed by atoms with Gasteiger partial charge in [-0.3, -0.25) is 10.8 Å². The molecule has 0 radical (unpaired) electrons. The summed E-state index contributed by atoms with van der Waals surface area (Å²) in [6, 6.07) is 11.5. The van der Waals surface area contributed by atoms with Crippen molar-refractivity contribution in [1.82, 2.24) is 10.4 Å². The fourth-order valence-corrected chi connectivity index (χ4v) is 2.55.